The molecule has 1 aliphatic carbocycles. The van der Waals surface area contributed by atoms with E-state index in [2.05, 4.69) is 18.2 Å². The number of carbonyl (C=O) groups excluding carboxylic acids is 1. The Morgan fingerprint density at radius 3 is 2.03 bits per heavy atom. The predicted molar refractivity (Wildman–Crippen MR) is 117 cm³/mol. The first kappa shape index (κ1) is 18.9. The number of amides is 2. The van der Waals surface area contributed by atoms with Gasteiger partial charge in [0.05, 0.1) is 12.1 Å². The molecule has 4 nitrogen and oxygen atoms in total. The maximum Gasteiger partial charge on any atom is 0.323 e. The minimum Gasteiger partial charge on any atom is -0.371 e. The fourth-order valence-corrected chi connectivity index (χ4v) is 5.00. The van der Waals surface area contributed by atoms with Crippen molar-refractivity contribution in [3.63, 3.8) is 0 Å². The van der Waals surface area contributed by atoms with Crippen LogP contribution in [0, 0.1) is 0 Å². The number of aryl methyl sites for hydroxylation is 1. The van der Waals surface area contributed by atoms with Gasteiger partial charge in [0.2, 0.25) is 0 Å². The van der Waals surface area contributed by atoms with Crippen molar-refractivity contribution in [3.8, 4) is 0 Å². The third kappa shape index (κ3) is 3.17. The van der Waals surface area contributed by atoms with Crippen molar-refractivity contribution >= 4 is 6.03 Å². The van der Waals surface area contributed by atoms with Crippen LogP contribution < -0.4 is 0 Å². The zero-order valence-electron chi connectivity index (χ0n) is 16.9. The molecule has 2 aliphatic rings. The van der Waals surface area contributed by atoms with Crippen molar-refractivity contribution in [2.45, 2.75) is 44.1 Å². The Balaban J connectivity index is 1.52. The molecule has 3 aromatic rings. The highest BCUT2D eigenvalue weighted by molar-refractivity contribution is 5.79. The SMILES string of the molecule is O=C1N(Cc2ccccc2)C(O)C2(CCc3ccccc3C2)N1Cc1ccccc1. The lowest BCUT2D eigenvalue weighted by molar-refractivity contribution is -0.0349. The molecule has 2 amide bonds. The fourth-order valence-electron chi connectivity index (χ4n) is 5.00. The van der Waals surface area contributed by atoms with Crippen LogP contribution in [0.15, 0.2) is 84.9 Å². The minimum absolute atomic E-state index is 0.0883. The molecule has 1 fully saturated rings. The van der Waals surface area contributed by atoms with Crippen LogP contribution in [0.4, 0.5) is 4.79 Å². The summed E-state index contributed by atoms with van der Waals surface area (Å²) in [6.07, 6.45) is 1.45. The second kappa shape index (κ2) is 7.62. The van der Waals surface area contributed by atoms with Crippen LogP contribution in [0.1, 0.15) is 28.7 Å². The van der Waals surface area contributed by atoms with Crippen LogP contribution in [0.25, 0.3) is 0 Å². The van der Waals surface area contributed by atoms with Crippen LogP contribution in [-0.2, 0) is 25.9 Å². The van der Waals surface area contributed by atoms with E-state index < -0.39 is 11.8 Å². The van der Waals surface area contributed by atoms with Gasteiger partial charge in [-0.3, -0.25) is 4.90 Å². The zero-order chi connectivity index (χ0) is 20.6. The largest absolute Gasteiger partial charge is 0.371 e. The van der Waals surface area contributed by atoms with Crippen molar-refractivity contribution < 1.29 is 9.90 Å². The van der Waals surface area contributed by atoms with Crippen molar-refractivity contribution in [1.29, 1.82) is 0 Å². The summed E-state index contributed by atoms with van der Waals surface area (Å²) in [6.45, 7) is 0.916. The number of aliphatic hydroxyl groups is 1. The van der Waals surface area contributed by atoms with Crippen molar-refractivity contribution in [3.05, 3.63) is 107 Å². The number of hydrogen-bond donors (Lipinski definition) is 1. The molecular weight excluding hydrogens is 372 g/mol. The van der Waals surface area contributed by atoms with E-state index in [9.17, 15) is 9.90 Å². The number of urea groups is 1. The van der Waals surface area contributed by atoms with Crippen molar-refractivity contribution in [1.82, 2.24) is 9.80 Å². The summed E-state index contributed by atoms with van der Waals surface area (Å²) in [7, 11) is 0. The molecule has 0 bridgehead atoms. The fraction of sp³-hybridized carbons (Fsp3) is 0.269. The molecule has 1 heterocycles. The third-order valence-corrected chi connectivity index (χ3v) is 6.61. The number of fused-ring (bicyclic) bond motifs is 1. The van der Waals surface area contributed by atoms with Gasteiger partial charge >= 0.3 is 6.03 Å². The van der Waals surface area contributed by atoms with E-state index in [1.807, 2.05) is 71.6 Å². The summed E-state index contributed by atoms with van der Waals surface area (Å²) in [6, 6.07) is 28.3. The lowest BCUT2D eigenvalue weighted by atomic mass is 9.76. The number of aliphatic hydroxyl groups excluding tert-OH is 1. The second-order valence-corrected chi connectivity index (χ2v) is 8.39. The molecule has 0 aromatic heterocycles. The summed E-state index contributed by atoms with van der Waals surface area (Å²) in [5.41, 5.74) is 4.05. The highest BCUT2D eigenvalue weighted by Gasteiger charge is 2.57. The van der Waals surface area contributed by atoms with Crippen molar-refractivity contribution in [2.75, 3.05) is 0 Å². The van der Waals surface area contributed by atoms with E-state index in [0.717, 1.165) is 24.0 Å². The highest BCUT2D eigenvalue weighted by Crippen LogP contribution is 2.43. The molecule has 5 rings (SSSR count). The minimum atomic E-state index is -0.845. The standard InChI is InChI=1S/C26H26N2O2/c29-24-26(16-15-22-13-7-8-14-23(22)17-26)28(19-21-11-5-2-6-12-21)25(30)27(24)18-20-9-3-1-4-10-20/h1-14,24,29H,15-19H2. The normalized spacial score (nSPS) is 23.1. The first-order valence-corrected chi connectivity index (χ1v) is 10.6. The van der Waals surface area contributed by atoms with Gasteiger partial charge in [-0.25, -0.2) is 4.79 Å². The summed E-state index contributed by atoms with van der Waals surface area (Å²) in [5, 5.41) is 11.5. The Kier molecular flexibility index (Phi) is 4.80. The summed E-state index contributed by atoms with van der Waals surface area (Å²) < 4.78 is 0. The Morgan fingerprint density at radius 2 is 1.37 bits per heavy atom. The average molecular weight is 399 g/mol. The molecule has 0 saturated carbocycles. The molecular formula is C26H26N2O2. The molecule has 1 N–H and O–H groups in total. The molecule has 1 aliphatic heterocycles. The molecule has 3 aromatic carbocycles. The monoisotopic (exact) mass is 398 g/mol. The van der Waals surface area contributed by atoms with E-state index in [4.69, 9.17) is 0 Å². The first-order valence-electron chi connectivity index (χ1n) is 10.6. The topological polar surface area (TPSA) is 43.8 Å². The summed E-state index contributed by atoms with van der Waals surface area (Å²) in [4.78, 5) is 17.2. The van der Waals surface area contributed by atoms with Gasteiger partial charge in [0, 0.05) is 13.0 Å². The Hall–Kier alpha value is -3.11. The quantitative estimate of drug-likeness (QED) is 0.709. The van der Waals surface area contributed by atoms with E-state index in [1.54, 1.807) is 4.90 Å². The van der Waals surface area contributed by atoms with Crippen molar-refractivity contribution in [2.24, 2.45) is 0 Å². The van der Waals surface area contributed by atoms with Gasteiger partial charge in [0.15, 0.2) is 6.23 Å². The first-order chi connectivity index (χ1) is 14.7. The van der Waals surface area contributed by atoms with Gasteiger partial charge in [-0.15, -0.1) is 0 Å². The van der Waals surface area contributed by atoms with Gasteiger partial charge < -0.3 is 10.0 Å². The Morgan fingerprint density at radius 1 is 0.800 bits per heavy atom. The lowest BCUT2D eigenvalue weighted by Gasteiger charge is -2.43. The van der Waals surface area contributed by atoms with E-state index in [1.165, 1.54) is 11.1 Å². The lowest BCUT2D eigenvalue weighted by Crippen LogP contribution is -2.55. The maximum atomic E-state index is 13.6. The van der Waals surface area contributed by atoms with Crippen LogP contribution in [0.3, 0.4) is 0 Å². The summed E-state index contributed by atoms with van der Waals surface area (Å²) >= 11 is 0. The number of hydrogen-bond acceptors (Lipinski definition) is 2. The second-order valence-electron chi connectivity index (χ2n) is 8.39. The van der Waals surface area contributed by atoms with Crippen LogP contribution in [0.2, 0.25) is 0 Å². The van der Waals surface area contributed by atoms with Crippen LogP contribution in [-0.4, -0.2) is 32.7 Å². The molecule has 2 atom stereocenters. The highest BCUT2D eigenvalue weighted by atomic mass is 16.3. The molecule has 30 heavy (non-hydrogen) atoms. The average Bonchev–Trinajstić information content (AvgIpc) is 2.97. The number of carbonyl (C=O) groups is 1. The number of nitrogens with zero attached hydrogens (tertiary/aromatic N) is 2. The summed E-state index contributed by atoms with van der Waals surface area (Å²) in [5.74, 6) is 0. The zero-order valence-corrected chi connectivity index (χ0v) is 16.9. The van der Waals surface area contributed by atoms with Gasteiger partial charge in [-0.2, -0.15) is 0 Å². The Bertz CT molecular complexity index is 1040. The number of benzene rings is 3. The van der Waals surface area contributed by atoms with Crippen LogP contribution >= 0.6 is 0 Å². The van der Waals surface area contributed by atoms with Gasteiger partial charge in [0.1, 0.15) is 0 Å². The molecule has 1 saturated heterocycles. The number of rotatable bonds is 4. The molecule has 4 heteroatoms. The van der Waals surface area contributed by atoms with E-state index >= 15 is 0 Å². The van der Waals surface area contributed by atoms with Crippen LogP contribution in [0.5, 0.6) is 0 Å². The van der Waals surface area contributed by atoms with Gasteiger partial charge in [-0.05, 0) is 35.1 Å². The van der Waals surface area contributed by atoms with Gasteiger partial charge in [-0.1, -0.05) is 84.9 Å². The smallest absolute Gasteiger partial charge is 0.323 e. The molecule has 152 valence electrons. The Labute approximate surface area is 177 Å². The van der Waals surface area contributed by atoms with E-state index in [0.29, 0.717) is 19.5 Å². The predicted octanol–water partition coefficient (Wildman–Crippen LogP) is 4.37. The third-order valence-electron chi connectivity index (χ3n) is 6.61. The van der Waals surface area contributed by atoms with E-state index in [-0.39, 0.29) is 6.03 Å². The molecule has 2 unspecified atom stereocenters. The van der Waals surface area contributed by atoms with Gasteiger partial charge in [0.25, 0.3) is 0 Å². The molecule has 1 spiro atoms. The maximum absolute atomic E-state index is 13.6. The molecule has 0 radical (unpaired) electrons.